The summed E-state index contributed by atoms with van der Waals surface area (Å²) >= 11 is 0. The van der Waals surface area contributed by atoms with Gasteiger partial charge in [-0.2, -0.15) is 0 Å². The van der Waals surface area contributed by atoms with Gasteiger partial charge in [0.15, 0.2) is 0 Å². The predicted molar refractivity (Wildman–Crippen MR) is 119 cm³/mol. The monoisotopic (exact) mass is 398 g/mol. The molecule has 0 aliphatic heterocycles. The molecule has 30 heavy (non-hydrogen) atoms. The molecule has 0 bridgehead atoms. The lowest BCUT2D eigenvalue weighted by Crippen LogP contribution is -2.11. The molecule has 0 unspecified atom stereocenters. The van der Waals surface area contributed by atoms with Crippen LogP contribution in [0, 0.1) is 0 Å². The first-order valence-corrected chi connectivity index (χ1v) is 9.40. The maximum atomic E-state index is 12.4. The van der Waals surface area contributed by atoms with Gasteiger partial charge in [0.1, 0.15) is 11.5 Å². The standard InChI is InChI=1S/C26H22O4/c1-17(2)21-7-5-9-23(15-21)29-25(27)19-11-13-20(14-12-19)26(28)30-24-10-6-8-22(16-24)18(3)4/h5-16H,1,3H2,2,4H3. The van der Waals surface area contributed by atoms with Crippen molar-refractivity contribution in [2.24, 2.45) is 0 Å². The van der Waals surface area contributed by atoms with Gasteiger partial charge in [-0.15, -0.1) is 0 Å². The smallest absolute Gasteiger partial charge is 0.343 e. The van der Waals surface area contributed by atoms with Crippen molar-refractivity contribution in [1.29, 1.82) is 0 Å². The molecular weight excluding hydrogens is 376 g/mol. The van der Waals surface area contributed by atoms with Crippen molar-refractivity contribution in [2.75, 3.05) is 0 Å². The quantitative estimate of drug-likeness (QED) is 0.367. The molecule has 0 spiro atoms. The van der Waals surface area contributed by atoms with E-state index in [0.717, 1.165) is 22.3 Å². The summed E-state index contributed by atoms with van der Waals surface area (Å²) in [6.07, 6.45) is 0. The number of esters is 2. The van der Waals surface area contributed by atoms with E-state index in [1.165, 1.54) is 24.3 Å². The number of rotatable bonds is 6. The van der Waals surface area contributed by atoms with Crippen molar-refractivity contribution in [1.82, 2.24) is 0 Å². The Bertz CT molecular complexity index is 1030. The molecule has 0 radical (unpaired) electrons. The molecule has 0 saturated carbocycles. The lowest BCUT2D eigenvalue weighted by Gasteiger charge is -2.08. The molecule has 0 N–H and O–H groups in total. The average molecular weight is 398 g/mol. The van der Waals surface area contributed by atoms with Crippen LogP contribution in [0.1, 0.15) is 45.7 Å². The van der Waals surface area contributed by atoms with Crippen LogP contribution in [0.5, 0.6) is 11.5 Å². The van der Waals surface area contributed by atoms with Crippen molar-refractivity contribution in [3.63, 3.8) is 0 Å². The van der Waals surface area contributed by atoms with Gasteiger partial charge in [0.2, 0.25) is 0 Å². The fourth-order valence-corrected chi connectivity index (χ4v) is 2.72. The second-order valence-corrected chi connectivity index (χ2v) is 6.97. The van der Waals surface area contributed by atoms with Crippen LogP contribution >= 0.6 is 0 Å². The van der Waals surface area contributed by atoms with Gasteiger partial charge >= 0.3 is 11.9 Å². The zero-order valence-electron chi connectivity index (χ0n) is 17.0. The zero-order valence-corrected chi connectivity index (χ0v) is 17.0. The third kappa shape index (κ3) is 5.11. The molecule has 0 fully saturated rings. The molecule has 0 heterocycles. The predicted octanol–water partition coefficient (Wildman–Crippen LogP) is 6.19. The van der Waals surface area contributed by atoms with Crippen molar-refractivity contribution in [2.45, 2.75) is 13.8 Å². The number of benzene rings is 3. The molecule has 0 aliphatic carbocycles. The van der Waals surface area contributed by atoms with Crippen LogP contribution in [0.3, 0.4) is 0 Å². The summed E-state index contributed by atoms with van der Waals surface area (Å²) < 4.78 is 10.8. The summed E-state index contributed by atoms with van der Waals surface area (Å²) in [7, 11) is 0. The normalized spacial score (nSPS) is 10.2. The highest BCUT2D eigenvalue weighted by molar-refractivity contribution is 5.95. The van der Waals surface area contributed by atoms with Crippen LogP contribution in [-0.2, 0) is 0 Å². The van der Waals surface area contributed by atoms with Gasteiger partial charge in [0.05, 0.1) is 11.1 Å². The molecular formula is C26H22O4. The largest absolute Gasteiger partial charge is 0.423 e. The zero-order chi connectivity index (χ0) is 21.7. The van der Waals surface area contributed by atoms with Crippen molar-refractivity contribution < 1.29 is 19.1 Å². The summed E-state index contributed by atoms with van der Waals surface area (Å²) in [5.74, 6) is -0.159. The topological polar surface area (TPSA) is 52.6 Å². The Morgan fingerprint density at radius 1 is 0.600 bits per heavy atom. The molecule has 0 saturated heterocycles. The van der Waals surface area contributed by atoms with Crippen molar-refractivity contribution >= 4 is 23.1 Å². The highest BCUT2D eigenvalue weighted by Crippen LogP contribution is 2.21. The van der Waals surface area contributed by atoms with E-state index in [1.54, 1.807) is 36.4 Å². The minimum atomic E-state index is -0.511. The minimum Gasteiger partial charge on any atom is -0.423 e. The fraction of sp³-hybridized carbons (Fsp3) is 0.0769. The Balaban J connectivity index is 1.68. The number of hydrogen-bond acceptors (Lipinski definition) is 4. The van der Waals surface area contributed by atoms with E-state index in [2.05, 4.69) is 13.2 Å². The van der Waals surface area contributed by atoms with Crippen LogP contribution in [0.15, 0.2) is 86.0 Å². The lowest BCUT2D eigenvalue weighted by atomic mass is 10.1. The van der Waals surface area contributed by atoms with Gasteiger partial charge in [-0.25, -0.2) is 9.59 Å². The van der Waals surface area contributed by atoms with E-state index in [1.807, 2.05) is 26.0 Å². The summed E-state index contributed by atoms with van der Waals surface area (Å²) in [6.45, 7) is 11.5. The molecule has 150 valence electrons. The second kappa shape index (κ2) is 9.05. The number of ether oxygens (including phenoxy) is 2. The SMILES string of the molecule is C=C(C)c1cccc(OC(=O)c2ccc(C(=O)Oc3cccc(C(=C)C)c3)cc2)c1. The van der Waals surface area contributed by atoms with E-state index in [4.69, 9.17) is 9.47 Å². The third-order valence-electron chi connectivity index (χ3n) is 4.43. The maximum absolute atomic E-state index is 12.4. The molecule has 4 heteroatoms. The van der Waals surface area contributed by atoms with Crippen LogP contribution in [0.4, 0.5) is 0 Å². The van der Waals surface area contributed by atoms with Gasteiger partial charge in [-0.3, -0.25) is 0 Å². The molecule has 0 atom stereocenters. The molecule has 0 aliphatic rings. The number of carbonyl (C=O) groups excluding carboxylic acids is 2. The number of hydrogen-bond donors (Lipinski definition) is 0. The van der Waals surface area contributed by atoms with Crippen molar-refractivity contribution in [3.05, 3.63) is 108 Å². The first kappa shape index (κ1) is 20.8. The Hall–Kier alpha value is -3.92. The van der Waals surface area contributed by atoms with Crippen molar-refractivity contribution in [3.8, 4) is 11.5 Å². The lowest BCUT2D eigenvalue weighted by molar-refractivity contribution is 0.0720. The highest BCUT2D eigenvalue weighted by atomic mass is 16.5. The maximum Gasteiger partial charge on any atom is 0.343 e. The minimum absolute atomic E-state index is 0.330. The highest BCUT2D eigenvalue weighted by Gasteiger charge is 2.13. The Morgan fingerprint density at radius 3 is 1.30 bits per heavy atom. The van der Waals surface area contributed by atoms with Crippen LogP contribution in [-0.4, -0.2) is 11.9 Å². The van der Waals surface area contributed by atoms with Gasteiger partial charge in [0, 0.05) is 0 Å². The number of allylic oxidation sites excluding steroid dienone is 2. The number of carbonyl (C=O) groups is 2. The Morgan fingerprint density at radius 2 is 0.967 bits per heavy atom. The molecule has 3 rings (SSSR count). The average Bonchev–Trinajstić information content (AvgIpc) is 2.74. The summed E-state index contributed by atoms with van der Waals surface area (Å²) in [6, 6.07) is 20.4. The molecule has 4 nitrogen and oxygen atoms in total. The molecule has 3 aromatic rings. The second-order valence-electron chi connectivity index (χ2n) is 6.97. The summed E-state index contributed by atoms with van der Waals surface area (Å²) in [5.41, 5.74) is 4.21. The summed E-state index contributed by atoms with van der Waals surface area (Å²) in [4.78, 5) is 24.8. The Kier molecular flexibility index (Phi) is 6.28. The van der Waals surface area contributed by atoms with E-state index in [0.29, 0.717) is 22.6 Å². The first-order chi connectivity index (χ1) is 14.3. The van der Waals surface area contributed by atoms with E-state index in [9.17, 15) is 9.59 Å². The Labute approximate surface area is 176 Å². The van der Waals surface area contributed by atoms with Crippen LogP contribution in [0.25, 0.3) is 11.1 Å². The van der Waals surface area contributed by atoms with E-state index in [-0.39, 0.29) is 0 Å². The van der Waals surface area contributed by atoms with Gasteiger partial charge in [-0.05, 0) is 73.5 Å². The summed E-state index contributed by atoms with van der Waals surface area (Å²) in [5, 5.41) is 0. The first-order valence-electron chi connectivity index (χ1n) is 9.40. The van der Waals surface area contributed by atoms with Crippen LogP contribution in [0.2, 0.25) is 0 Å². The van der Waals surface area contributed by atoms with Crippen LogP contribution < -0.4 is 9.47 Å². The third-order valence-corrected chi connectivity index (χ3v) is 4.43. The van der Waals surface area contributed by atoms with Gasteiger partial charge < -0.3 is 9.47 Å². The fourth-order valence-electron chi connectivity index (χ4n) is 2.72. The molecule has 0 amide bonds. The van der Waals surface area contributed by atoms with E-state index >= 15 is 0 Å². The molecule has 0 aromatic heterocycles. The van der Waals surface area contributed by atoms with Gasteiger partial charge in [0.25, 0.3) is 0 Å². The van der Waals surface area contributed by atoms with Gasteiger partial charge in [-0.1, -0.05) is 48.6 Å². The molecule has 3 aromatic carbocycles. The van der Waals surface area contributed by atoms with E-state index < -0.39 is 11.9 Å².